The van der Waals surface area contributed by atoms with Crippen LogP contribution in [0.25, 0.3) is 16.9 Å². The van der Waals surface area contributed by atoms with Crippen LogP contribution in [0.2, 0.25) is 0 Å². The van der Waals surface area contributed by atoms with Crippen LogP contribution in [0.1, 0.15) is 11.1 Å². The lowest BCUT2D eigenvalue weighted by molar-refractivity contribution is 0.308. The summed E-state index contributed by atoms with van der Waals surface area (Å²) >= 11 is 0. The first-order valence-electron chi connectivity index (χ1n) is 7.38. The average molecular weight is 321 g/mol. The van der Waals surface area contributed by atoms with Gasteiger partial charge in [-0.3, -0.25) is 0 Å². The number of nitrogens with one attached hydrogen (secondary N) is 1. The van der Waals surface area contributed by atoms with E-state index in [9.17, 15) is 0 Å². The third-order valence-electron chi connectivity index (χ3n) is 3.79. The fraction of sp³-hybridized carbons (Fsp3) is 0.125. The largest absolute Gasteiger partial charge is 0.486 e. The highest BCUT2D eigenvalue weighted by Crippen LogP contribution is 2.24. The second kappa shape index (κ2) is 5.65. The second-order valence-corrected chi connectivity index (χ2v) is 5.41. The zero-order valence-electron chi connectivity index (χ0n) is 13.0. The topological polar surface area (TPSA) is 108 Å². The van der Waals surface area contributed by atoms with Gasteiger partial charge >= 0.3 is 0 Å². The molecule has 0 fully saturated rings. The standard InChI is InChI=1S/C16H15N7O/c1-10-6-12(23-5-4-18-9-23)3-2-11(10)8-24-13-7-14(17)19-16-15(13)20-22-21-16/h2-7,9H,8H2,1H3,(H3,17,19,20,21,22). The van der Waals surface area contributed by atoms with E-state index >= 15 is 0 Å². The van der Waals surface area contributed by atoms with E-state index in [1.807, 2.05) is 29.8 Å². The second-order valence-electron chi connectivity index (χ2n) is 5.41. The Hall–Kier alpha value is -3.42. The molecule has 0 saturated heterocycles. The number of rotatable bonds is 4. The van der Waals surface area contributed by atoms with Crippen LogP contribution in [0.5, 0.6) is 5.75 Å². The Morgan fingerprint density at radius 3 is 2.96 bits per heavy atom. The van der Waals surface area contributed by atoms with Crippen LogP contribution < -0.4 is 10.5 Å². The fourth-order valence-electron chi connectivity index (χ4n) is 2.51. The van der Waals surface area contributed by atoms with Crippen molar-refractivity contribution in [3.63, 3.8) is 0 Å². The van der Waals surface area contributed by atoms with Crippen molar-refractivity contribution in [3.05, 3.63) is 54.1 Å². The molecule has 3 aromatic heterocycles. The van der Waals surface area contributed by atoms with Gasteiger partial charge in [0.2, 0.25) is 5.65 Å². The number of H-pyrrole nitrogens is 1. The summed E-state index contributed by atoms with van der Waals surface area (Å²) < 4.78 is 7.85. The molecule has 0 atom stereocenters. The SMILES string of the molecule is Cc1cc(-n2ccnc2)ccc1COc1cc(N)nc2n[nH]nc12. The highest BCUT2D eigenvalue weighted by atomic mass is 16.5. The molecule has 0 aliphatic heterocycles. The summed E-state index contributed by atoms with van der Waals surface area (Å²) in [6.07, 6.45) is 5.43. The maximum absolute atomic E-state index is 5.89. The Morgan fingerprint density at radius 1 is 1.25 bits per heavy atom. The van der Waals surface area contributed by atoms with Crippen LogP contribution in [0.3, 0.4) is 0 Å². The van der Waals surface area contributed by atoms with E-state index in [4.69, 9.17) is 10.5 Å². The number of pyridine rings is 1. The zero-order valence-corrected chi connectivity index (χ0v) is 13.0. The van der Waals surface area contributed by atoms with Gasteiger partial charge in [-0.1, -0.05) is 6.07 Å². The number of aryl methyl sites for hydroxylation is 1. The number of imidazole rings is 1. The van der Waals surface area contributed by atoms with E-state index < -0.39 is 0 Å². The van der Waals surface area contributed by atoms with E-state index in [1.165, 1.54) is 0 Å². The Morgan fingerprint density at radius 2 is 2.17 bits per heavy atom. The number of nitrogens with zero attached hydrogens (tertiary/aromatic N) is 5. The van der Waals surface area contributed by atoms with Crippen molar-refractivity contribution >= 4 is 17.0 Å². The van der Waals surface area contributed by atoms with Crippen molar-refractivity contribution < 1.29 is 4.74 Å². The number of nitrogens with two attached hydrogens (primary N) is 1. The van der Waals surface area contributed by atoms with Crippen molar-refractivity contribution in [2.45, 2.75) is 13.5 Å². The molecule has 1 aromatic carbocycles. The molecular weight excluding hydrogens is 306 g/mol. The van der Waals surface area contributed by atoms with Crippen LogP contribution >= 0.6 is 0 Å². The number of hydrogen-bond acceptors (Lipinski definition) is 6. The number of hydrogen-bond donors (Lipinski definition) is 2. The van der Waals surface area contributed by atoms with E-state index in [-0.39, 0.29) is 0 Å². The molecule has 8 heteroatoms. The lowest BCUT2D eigenvalue weighted by Crippen LogP contribution is -2.01. The Bertz CT molecular complexity index is 991. The third-order valence-corrected chi connectivity index (χ3v) is 3.79. The minimum absolute atomic E-state index is 0.346. The predicted molar refractivity (Wildman–Crippen MR) is 88.7 cm³/mol. The number of aromatic nitrogens is 6. The summed E-state index contributed by atoms with van der Waals surface area (Å²) in [5, 5.41) is 10.5. The molecule has 4 rings (SSSR count). The van der Waals surface area contributed by atoms with E-state index in [1.54, 1.807) is 18.6 Å². The maximum atomic E-state index is 5.89. The van der Waals surface area contributed by atoms with Gasteiger partial charge in [0, 0.05) is 24.1 Å². The molecule has 0 spiro atoms. The summed E-state index contributed by atoms with van der Waals surface area (Å²) in [5.74, 6) is 0.905. The van der Waals surface area contributed by atoms with Crippen molar-refractivity contribution in [1.29, 1.82) is 0 Å². The molecule has 0 amide bonds. The fourth-order valence-corrected chi connectivity index (χ4v) is 2.51. The normalized spacial score (nSPS) is 11.0. The number of ether oxygens (including phenoxy) is 1. The molecule has 4 aromatic rings. The predicted octanol–water partition coefficient (Wildman–Crippen LogP) is 2.01. The van der Waals surface area contributed by atoms with E-state index in [0.717, 1.165) is 16.8 Å². The summed E-state index contributed by atoms with van der Waals surface area (Å²) in [6, 6.07) is 7.81. The number of benzene rings is 1. The monoisotopic (exact) mass is 321 g/mol. The summed E-state index contributed by atoms with van der Waals surface area (Å²) in [7, 11) is 0. The highest BCUT2D eigenvalue weighted by Gasteiger charge is 2.10. The van der Waals surface area contributed by atoms with Crippen molar-refractivity contribution in [1.82, 2.24) is 29.9 Å². The first-order chi connectivity index (χ1) is 11.7. The van der Waals surface area contributed by atoms with E-state index in [2.05, 4.69) is 31.4 Å². The molecule has 3 N–H and O–H groups in total. The van der Waals surface area contributed by atoms with Gasteiger partial charge in [-0.15, -0.1) is 5.10 Å². The van der Waals surface area contributed by atoms with Gasteiger partial charge in [-0.05, 0) is 30.2 Å². The van der Waals surface area contributed by atoms with Crippen molar-refractivity contribution in [2.75, 3.05) is 5.73 Å². The van der Waals surface area contributed by atoms with Gasteiger partial charge in [0.15, 0.2) is 11.3 Å². The minimum atomic E-state index is 0.346. The van der Waals surface area contributed by atoms with Crippen LogP contribution in [0, 0.1) is 6.92 Å². The number of nitrogen functional groups attached to an aromatic ring is 1. The van der Waals surface area contributed by atoms with Gasteiger partial charge in [0.05, 0.1) is 6.33 Å². The van der Waals surface area contributed by atoms with Crippen LogP contribution in [0.15, 0.2) is 43.0 Å². The Labute approximate surface area is 137 Å². The molecule has 120 valence electrons. The molecule has 0 aliphatic carbocycles. The first kappa shape index (κ1) is 14.2. The third kappa shape index (κ3) is 2.54. The van der Waals surface area contributed by atoms with Gasteiger partial charge in [-0.2, -0.15) is 10.3 Å². The Balaban J connectivity index is 1.58. The van der Waals surface area contributed by atoms with Gasteiger partial charge < -0.3 is 15.0 Å². The van der Waals surface area contributed by atoms with Crippen molar-refractivity contribution in [2.24, 2.45) is 0 Å². The molecule has 0 radical (unpaired) electrons. The molecular formula is C16H15N7O. The molecule has 24 heavy (non-hydrogen) atoms. The lowest BCUT2D eigenvalue weighted by Gasteiger charge is -2.11. The highest BCUT2D eigenvalue weighted by molar-refractivity contribution is 5.78. The number of fused-ring (bicyclic) bond motifs is 1. The molecule has 0 unspecified atom stereocenters. The average Bonchev–Trinajstić information content (AvgIpc) is 3.24. The quantitative estimate of drug-likeness (QED) is 0.595. The lowest BCUT2D eigenvalue weighted by atomic mass is 10.1. The van der Waals surface area contributed by atoms with E-state index in [0.29, 0.717) is 29.3 Å². The summed E-state index contributed by atoms with van der Waals surface area (Å²) in [6.45, 7) is 2.45. The minimum Gasteiger partial charge on any atom is -0.486 e. The summed E-state index contributed by atoms with van der Waals surface area (Å²) in [5.41, 5.74) is 10.0. The van der Waals surface area contributed by atoms with Crippen LogP contribution in [-0.2, 0) is 6.61 Å². The first-order valence-corrected chi connectivity index (χ1v) is 7.38. The molecule has 0 bridgehead atoms. The summed E-state index contributed by atoms with van der Waals surface area (Å²) in [4.78, 5) is 8.16. The van der Waals surface area contributed by atoms with Gasteiger partial charge in [-0.25, -0.2) is 9.97 Å². The number of anilines is 1. The van der Waals surface area contributed by atoms with Crippen molar-refractivity contribution in [3.8, 4) is 11.4 Å². The van der Waals surface area contributed by atoms with Crippen LogP contribution in [-0.4, -0.2) is 29.9 Å². The molecule has 8 nitrogen and oxygen atoms in total. The maximum Gasteiger partial charge on any atom is 0.207 e. The zero-order chi connectivity index (χ0) is 16.5. The number of aromatic amines is 1. The molecule has 0 saturated carbocycles. The smallest absolute Gasteiger partial charge is 0.207 e. The Kier molecular flexibility index (Phi) is 3.34. The molecule has 0 aliphatic rings. The van der Waals surface area contributed by atoms with Gasteiger partial charge in [0.25, 0.3) is 0 Å². The molecule has 3 heterocycles. The van der Waals surface area contributed by atoms with Gasteiger partial charge in [0.1, 0.15) is 12.4 Å². The van der Waals surface area contributed by atoms with Crippen LogP contribution in [0.4, 0.5) is 5.82 Å².